The van der Waals surface area contributed by atoms with Gasteiger partial charge in [0.1, 0.15) is 29.8 Å². The number of hydrogen-bond donors (Lipinski definition) is 6. The van der Waals surface area contributed by atoms with Gasteiger partial charge in [-0.2, -0.15) is 8.42 Å². The van der Waals surface area contributed by atoms with Crippen LogP contribution in [0.25, 0.3) is 0 Å². The first-order chi connectivity index (χ1) is 20.7. The molecule has 46 heavy (non-hydrogen) atoms. The van der Waals surface area contributed by atoms with Crippen molar-refractivity contribution < 1.29 is 51.9 Å². The van der Waals surface area contributed by atoms with Gasteiger partial charge in [-0.05, 0) is 33.7 Å². The number of amides is 3. The Morgan fingerprint density at radius 2 is 1.85 bits per heavy atom. The van der Waals surface area contributed by atoms with E-state index >= 15 is 0 Å². The average molecular weight is 721 g/mol. The number of carboxylic acid groups (broad SMARTS) is 2. The number of nitrogens with zero attached hydrogens (tertiary/aromatic N) is 5. The molecule has 3 heterocycles. The van der Waals surface area contributed by atoms with Crippen LogP contribution in [0.15, 0.2) is 40.7 Å². The van der Waals surface area contributed by atoms with Gasteiger partial charge in [-0.3, -0.25) is 29.2 Å². The number of carboxylic acids is 2. The van der Waals surface area contributed by atoms with Crippen LogP contribution in [-0.4, -0.2) is 173 Å². The monoisotopic (exact) mass is 720 g/mol. The van der Waals surface area contributed by atoms with Crippen LogP contribution in [-0.2, 0) is 41.1 Å². The number of benzene rings is 1. The van der Waals surface area contributed by atoms with Gasteiger partial charge in [-0.25, -0.2) is 14.3 Å². The number of ether oxygens (including phenoxy) is 1. The molecular formula is C22H26N8Na2O11S3. The molecule has 7 N–H and O–H groups in total. The van der Waals surface area contributed by atoms with Gasteiger partial charge in [0.2, 0.25) is 11.1 Å². The third-order valence-corrected chi connectivity index (χ3v) is 9.73. The quantitative estimate of drug-likeness (QED) is 0.0564. The molecule has 3 amide bonds. The number of hydrogen-bond acceptors (Lipinski definition) is 14. The van der Waals surface area contributed by atoms with Gasteiger partial charge in [-0.15, -0.1) is 16.9 Å². The summed E-state index contributed by atoms with van der Waals surface area (Å²) < 4.78 is 40.3. The molecule has 0 unspecified atom stereocenters. The number of nitrogens with one attached hydrogen (secondary N) is 2. The van der Waals surface area contributed by atoms with E-state index in [-0.39, 0.29) is 87.6 Å². The molecule has 2 aliphatic heterocycles. The maximum absolute atomic E-state index is 13.1. The molecule has 0 bridgehead atoms. The minimum atomic E-state index is -5.07. The third-order valence-electron chi connectivity index (χ3n) is 6.21. The molecule has 240 valence electrons. The fourth-order valence-electron chi connectivity index (χ4n) is 4.11. The Hall–Kier alpha value is -2.25. The van der Waals surface area contributed by atoms with Gasteiger partial charge in [0.05, 0.1) is 0 Å². The predicted octanol–water partition coefficient (Wildman–Crippen LogP) is -2.67. The molecule has 1 aromatic heterocycles. The number of carbonyl (C=O) groups excluding carboxylic acids is 3. The van der Waals surface area contributed by atoms with Crippen molar-refractivity contribution in [2.24, 2.45) is 12.8 Å². The van der Waals surface area contributed by atoms with E-state index in [1.165, 1.54) is 28.6 Å². The molecule has 2 aromatic rings. The second-order valence-corrected chi connectivity index (χ2v) is 12.8. The second kappa shape index (κ2) is 16.7. The van der Waals surface area contributed by atoms with Crippen LogP contribution in [0, 0.1) is 0 Å². The molecule has 0 aliphatic carbocycles. The molecule has 1 saturated heterocycles. The molecule has 24 heteroatoms. The Kier molecular flexibility index (Phi) is 14.5. The Morgan fingerprint density at radius 3 is 2.39 bits per heavy atom. The first-order valence-electron chi connectivity index (χ1n) is 12.2. The topological polar surface area (TPSA) is 286 Å². The number of tetrazole rings is 1. The Balaban J connectivity index is 0.00000368. The summed E-state index contributed by atoms with van der Waals surface area (Å²) in [6, 6.07) is 1.88. The molecule has 2 aliphatic rings. The van der Waals surface area contributed by atoms with E-state index in [2.05, 4.69) is 30.9 Å². The third kappa shape index (κ3) is 9.21. The number of aromatic nitrogens is 4. The van der Waals surface area contributed by atoms with Crippen LogP contribution in [0.4, 0.5) is 10.5 Å². The SMILES string of the molecule is Cn1nnnc1SCC1=C(C(=O)O)N2C(=O)[C@@H](NC(=O)[C@@H](c3ccc(NC(=O)OC[C@@H](N)C(=O)O)cc3)S(=O)(=O)O)[C@H]2SC1.[NaH].[NaH]. The number of nitrogens with two attached hydrogens (primary N) is 1. The van der Waals surface area contributed by atoms with Gasteiger partial charge in [0, 0.05) is 24.2 Å². The van der Waals surface area contributed by atoms with Crippen molar-refractivity contribution in [1.29, 1.82) is 0 Å². The first kappa shape index (κ1) is 39.9. The molecular weight excluding hydrogens is 694 g/mol. The number of thioether (sulfide) groups is 2. The number of aliphatic carboxylic acids is 2. The predicted molar refractivity (Wildman–Crippen MR) is 165 cm³/mol. The number of fused-ring (bicyclic) bond motifs is 1. The summed E-state index contributed by atoms with van der Waals surface area (Å²) in [5.74, 6) is -4.43. The van der Waals surface area contributed by atoms with Gasteiger partial charge >= 0.3 is 77.1 Å². The van der Waals surface area contributed by atoms with Crippen LogP contribution in [0.3, 0.4) is 0 Å². The van der Waals surface area contributed by atoms with E-state index in [1.807, 2.05) is 0 Å². The van der Waals surface area contributed by atoms with Crippen LogP contribution in [0.5, 0.6) is 0 Å². The van der Waals surface area contributed by atoms with E-state index in [0.717, 1.165) is 28.8 Å². The van der Waals surface area contributed by atoms with Gasteiger partial charge in [-0.1, -0.05) is 23.9 Å². The Morgan fingerprint density at radius 1 is 1.20 bits per heavy atom. The van der Waals surface area contributed by atoms with E-state index in [0.29, 0.717) is 10.7 Å². The number of rotatable bonds is 12. The molecule has 1 fully saturated rings. The molecule has 0 saturated carbocycles. The van der Waals surface area contributed by atoms with E-state index < -0.39 is 69.3 Å². The molecule has 4 rings (SSSR count). The second-order valence-electron chi connectivity index (χ2n) is 9.21. The zero-order chi connectivity index (χ0) is 32.3. The van der Waals surface area contributed by atoms with Crippen molar-refractivity contribution in [2.45, 2.75) is 27.9 Å². The number of β-lactam (4-membered cyclic amide) rings is 1. The van der Waals surface area contributed by atoms with Crippen molar-refractivity contribution in [1.82, 2.24) is 30.4 Å². The average Bonchev–Trinajstić information content (AvgIpc) is 3.37. The summed E-state index contributed by atoms with van der Waals surface area (Å²) in [5.41, 5.74) is 5.26. The number of carbonyl (C=O) groups is 5. The molecule has 19 nitrogen and oxygen atoms in total. The minimum absolute atomic E-state index is 0. The maximum atomic E-state index is 13.1. The summed E-state index contributed by atoms with van der Waals surface area (Å²) in [4.78, 5) is 61.8. The van der Waals surface area contributed by atoms with Crippen molar-refractivity contribution in [3.8, 4) is 0 Å². The van der Waals surface area contributed by atoms with E-state index in [4.69, 9.17) is 10.8 Å². The van der Waals surface area contributed by atoms with Gasteiger partial charge < -0.3 is 26.0 Å². The summed E-state index contributed by atoms with van der Waals surface area (Å²) in [7, 11) is -3.46. The zero-order valence-corrected chi connectivity index (χ0v) is 24.8. The number of anilines is 1. The molecule has 0 spiro atoms. The summed E-state index contributed by atoms with van der Waals surface area (Å²) in [6.45, 7) is -0.620. The van der Waals surface area contributed by atoms with Crippen molar-refractivity contribution in [3.05, 3.63) is 41.1 Å². The van der Waals surface area contributed by atoms with Crippen molar-refractivity contribution in [3.63, 3.8) is 0 Å². The van der Waals surface area contributed by atoms with E-state index in [1.54, 1.807) is 7.05 Å². The van der Waals surface area contributed by atoms with Crippen LogP contribution in [0.1, 0.15) is 10.8 Å². The normalized spacial score (nSPS) is 18.5. The summed E-state index contributed by atoms with van der Waals surface area (Å²) in [5, 5.41) is 31.6. The zero-order valence-electron chi connectivity index (χ0n) is 22.4. The fourth-order valence-corrected chi connectivity index (χ4v) is 7.28. The van der Waals surface area contributed by atoms with Gasteiger partial charge in [0.25, 0.3) is 16.0 Å². The molecule has 4 atom stereocenters. The Bertz CT molecular complexity index is 1640. The fraction of sp³-hybridized carbons (Fsp3) is 0.364. The molecule has 0 radical (unpaired) electrons. The van der Waals surface area contributed by atoms with Crippen molar-refractivity contribution >= 4 is 128 Å². The Labute approximate surface area is 313 Å². The summed E-state index contributed by atoms with van der Waals surface area (Å²) >= 11 is 2.33. The first-order valence-corrected chi connectivity index (χ1v) is 15.8. The molecule has 1 aromatic carbocycles. The standard InChI is InChI=1S/C22H24N8O11S3.2Na.2H/c1-29-21(26-27-28-29)43-8-10-7-42-18-13(17(32)30(18)14(10)20(35)36)25-16(31)15(44(38,39)40)9-2-4-11(5-3-9)24-22(37)41-6-12(23)19(33)34;;;;/h2-5,12-13,15,18H,6-8,23H2,1H3,(H,24,37)(H,25,31)(H,33,34)(H,35,36)(H,38,39,40);;;;/t12-,13-,15-,18-;;;;/m1..../s1. The van der Waals surface area contributed by atoms with Gasteiger partial charge in [0.15, 0.2) is 5.25 Å². The van der Waals surface area contributed by atoms with Crippen LogP contribution in [0.2, 0.25) is 0 Å². The van der Waals surface area contributed by atoms with Crippen molar-refractivity contribution in [2.75, 3.05) is 23.4 Å². The number of aryl methyl sites for hydroxylation is 1. The van der Waals surface area contributed by atoms with Crippen LogP contribution < -0.4 is 16.4 Å². The summed E-state index contributed by atoms with van der Waals surface area (Å²) in [6.07, 6.45) is -1.06. The van der Waals surface area contributed by atoms with Crippen LogP contribution >= 0.6 is 23.5 Å². The van der Waals surface area contributed by atoms with E-state index in [9.17, 15) is 42.0 Å².